The van der Waals surface area contributed by atoms with Gasteiger partial charge in [0.05, 0.1) is 13.6 Å². The first-order chi connectivity index (χ1) is 3.63. The van der Waals surface area contributed by atoms with E-state index in [1.165, 1.54) is 15.9 Å². The van der Waals surface area contributed by atoms with Crippen LogP contribution in [0.15, 0.2) is 9.40 Å². The molecule has 1 rings (SSSR count). The van der Waals surface area contributed by atoms with Gasteiger partial charge in [0.15, 0.2) is 5.70 Å². The van der Waals surface area contributed by atoms with Crippen LogP contribution in [0.1, 0.15) is 13.8 Å². The summed E-state index contributed by atoms with van der Waals surface area (Å²) in [6.07, 6.45) is 0. The summed E-state index contributed by atoms with van der Waals surface area (Å²) in [6, 6.07) is 0. The number of allylic oxidation sites excluding steroid dienone is 1. The Morgan fingerprint density at radius 2 is 2.00 bits per heavy atom. The third kappa shape index (κ3) is 0.624. The predicted octanol–water partition coefficient (Wildman–Crippen LogP) is 2.09. The molecule has 1 nitrogen and oxygen atoms in total. The monoisotopic (exact) mass is 224 g/mol. The summed E-state index contributed by atoms with van der Waals surface area (Å²) < 4.78 is 2.63. The van der Waals surface area contributed by atoms with Crippen molar-refractivity contribution in [3.8, 4) is 0 Å². The van der Waals surface area contributed by atoms with E-state index >= 15 is 0 Å². The maximum Gasteiger partial charge on any atom is 0.230 e. The summed E-state index contributed by atoms with van der Waals surface area (Å²) in [5.74, 6) is 0. The van der Waals surface area contributed by atoms with E-state index in [2.05, 4.69) is 43.5 Å². The van der Waals surface area contributed by atoms with Crippen LogP contribution in [0.5, 0.6) is 0 Å². The average Bonchev–Trinajstić information content (AvgIpc) is 2.22. The van der Waals surface area contributed by atoms with Gasteiger partial charge in [-0.05, 0) is 6.92 Å². The second-order valence-electron chi connectivity index (χ2n) is 2.38. The standard InChI is InChI=1S/C6H11IN/c1-4-8(3)5(2)6(8)7/h4H2,1-3H3/q+1. The molecule has 0 saturated heterocycles. The number of halogens is 1. The zero-order valence-electron chi connectivity index (χ0n) is 5.53. The maximum atomic E-state index is 2.41. The molecule has 1 atom stereocenters. The normalized spacial score (nSPS) is 36.0. The molecule has 0 fully saturated rings. The Morgan fingerprint density at radius 3 is 2.00 bits per heavy atom. The van der Waals surface area contributed by atoms with Crippen LogP contribution in [-0.2, 0) is 0 Å². The first-order valence-corrected chi connectivity index (χ1v) is 3.94. The number of hydrogen-bond donors (Lipinski definition) is 0. The van der Waals surface area contributed by atoms with Crippen molar-refractivity contribution < 1.29 is 4.48 Å². The molecule has 1 aliphatic heterocycles. The fourth-order valence-electron chi connectivity index (χ4n) is 0.844. The molecule has 0 aromatic rings. The molecule has 0 N–H and O–H groups in total. The molecule has 46 valence electrons. The summed E-state index contributed by atoms with van der Waals surface area (Å²) >= 11 is 2.41. The molecule has 0 aromatic heterocycles. The highest BCUT2D eigenvalue weighted by molar-refractivity contribution is 14.1. The minimum atomic E-state index is 1.11. The molecule has 1 aliphatic rings. The van der Waals surface area contributed by atoms with E-state index in [0.29, 0.717) is 0 Å². The van der Waals surface area contributed by atoms with Gasteiger partial charge >= 0.3 is 0 Å². The minimum Gasteiger partial charge on any atom is -0.250 e. The SMILES string of the molecule is CC[N+]1(C)C(C)=C1I. The number of hydrogen-bond acceptors (Lipinski definition) is 0. The highest BCUT2D eigenvalue weighted by Crippen LogP contribution is 2.44. The van der Waals surface area contributed by atoms with Gasteiger partial charge in [-0.3, -0.25) is 0 Å². The quantitative estimate of drug-likeness (QED) is 0.363. The van der Waals surface area contributed by atoms with Crippen molar-refractivity contribution in [2.75, 3.05) is 13.6 Å². The highest BCUT2D eigenvalue weighted by Gasteiger charge is 2.46. The van der Waals surface area contributed by atoms with Crippen molar-refractivity contribution in [2.24, 2.45) is 0 Å². The van der Waals surface area contributed by atoms with Gasteiger partial charge in [-0.1, -0.05) is 0 Å². The van der Waals surface area contributed by atoms with Crippen LogP contribution in [-0.4, -0.2) is 18.1 Å². The molecule has 0 aromatic carbocycles. The lowest BCUT2D eigenvalue weighted by Gasteiger charge is -2.09. The Labute approximate surface area is 64.1 Å². The van der Waals surface area contributed by atoms with E-state index in [1.54, 1.807) is 0 Å². The van der Waals surface area contributed by atoms with Gasteiger partial charge in [-0.15, -0.1) is 0 Å². The summed E-state index contributed by atoms with van der Waals surface area (Å²) in [7, 11) is 2.25. The van der Waals surface area contributed by atoms with Crippen molar-refractivity contribution in [1.29, 1.82) is 0 Å². The van der Waals surface area contributed by atoms with Crippen molar-refractivity contribution in [2.45, 2.75) is 13.8 Å². The summed E-state index contributed by atoms with van der Waals surface area (Å²) in [5, 5.41) is 0. The van der Waals surface area contributed by atoms with Crippen molar-refractivity contribution in [1.82, 2.24) is 0 Å². The zero-order valence-corrected chi connectivity index (χ0v) is 7.69. The van der Waals surface area contributed by atoms with Gasteiger partial charge < -0.3 is 0 Å². The number of nitrogens with zero attached hydrogens (tertiary/aromatic N) is 1. The highest BCUT2D eigenvalue weighted by atomic mass is 127. The third-order valence-corrected chi connectivity index (χ3v) is 3.90. The smallest absolute Gasteiger partial charge is 0.230 e. The molecule has 0 radical (unpaired) electrons. The Hall–Kier alpha value is 0.430. The van der Waals surface area contributed by atoms with Gasteiger partial charge in [-0.2, -0.15) is 0 Å². The van der Waals surface area contributed by atoms with Crippen LogP contribution < -0.4 is 0 Å². The largest absolute Gasteiger partial charge is 0.250 e. The topological polar surface area (TPSA) is 0 Å². The van der Waals surface area contributed by atoms with Gasteiger partial charge in [-0.25, -0.2) is 4.48 Å². The second kappa shape index (κ2) is 1.70. The molecule has 1 unspecified atom stereocenters. The molecule has 0 bridgehead atoms. The van der Waals surface area contributed by atoms with E-state index in [-0.39, 0.29) is 0 Å². The Morgan fingerprint density at radius 1 is 1.62 bits per heavy atom. The Balaban J connectivity index is 2.60. The van der Waals surface area contributed by atoms with Gasteiger partial charge in [0.25, 0.3) is 0 Å². The Kier molecular flexibility index (Phi) is 1.39. The van der Waals surface area contributed by atoms with E-state index in [4.69, 9.17) is 0 Å². The lowest BCUT2D eigenvalue weighted by atomic mass is 10.6. The molecular weight excluding hydrogens is 213 g/mol. The summed E-state index contributed by atoms with van der Waals surface area (Å²) in [6.45, 7) is 5.63. The van der Waals surface area contributed by atoms with E-state index in [0.717, 1.165) is 4.48 Å². The molecule has 0 aliphatic carbocycles. The van der Waals surface area contributed by atoms with Crippen LogP contribution in [0, 0.1) is 0 Å². The van der Waals surface area contributed by atoms with Gasteiger partial charge in [0, 0.05) is 29.5 Å². The van der Waals surface area contributed by atoms with Crippen LogP contribution in [0.4, 0.5) is 0 Å². The molecule has 0 amide bonds. The fourth-order valence-corrected chi connectivity index (χ4v) is 1.96. The first-order valence-electron chi connectivity index (χ1n) is 2.86. The van der Waals surface area contributed by atoms with E-state index in [9.17, 15) is 0 Å². The minimum absolute atomic E-state index is 1.11. The lowest BCUT2D eigenvalue weighted by Crippen LogP contribution is -2.21. The summed E-state index contributed by atoms with van der Waals surface area (Å²) in [5.41, 5.74) is 1.54. The van der Waals surface area contributed by atoms with Gasteiger partial charge in [0.1, 0.15) is 0 Å². The lowest BCUT2D eigenvalue weighted by molar-refractivity contribution is -0.755. The van der Waals surface area contributed by atoms with Crippen molar-refractivity contribution in [3.05, 3.63) is 9.40 Å². The maximum absolute atomic E-state index is 2.41. The molecule has 0 saturated carbocycles. The zero-order chi connectivity index (χ0) is 6.36. The van der Waals surface area contributed by atoms with Crippen molar-refractivity contribution in [3.63, 3.8) is 0 Å². The van der Waals surface area contributed by atoms with Crippen LogP contribution in [0.2, 0.25) is 0 Å². The molecule has 1 heterocycles. The number of rotatable bonds is 1. The van der Waals surface area contributed by atoms with Crippen LogP contribution >= 0.6 is 22.6 Å². The van der Waals surface area contributed by atoms with Crippen LogP contribution in [0.25, 0.3) is 0 Å². The summed E-state index contributed by atoms with van der Waals surface area (Å²) in [4.78, 5) is 0. The fraction of sp³-hybridized carbons (Fsp3) is 0.667. The number of quaternary nitrogens is 1. The van der Waals surface area contributed by atoms with Gasteiger partial charge in [0.2, 0.25) is 3.70 Å². The van der Waals surface area contributed by atoms with Crippen molar-refractivity contribution >= 4 is 22.6 Å². The van der Waals surface area contributed by atoms with E-state index < -0.39 is 0 Å². The Bertz CT molecular complexity index is 137. The molecule has 2 heteroatoms. The van der Waals surface area contributed by atoms with E-state index in [1.807, 2.05) is 0 Å². The molecular formula is C6H11IN+. The second-order valence-corrected chi connectivity index (χ2v) is 3.41. The molecule has 8 heavy (non-hydrogen) atoms. The molecule has 0 spiro atoms. The average molecular weight is 224 g/mol. The predicted molar refractivity (Wildman–Crippen MR) is 43.4 cm³/mol. The first kappa shape index (κ1) is 6.55. The van der Waals surface area contributed by atoms with Crippen LogP contribution in [0.3, 0.4) is 0 Å². The third-order valence-electron chi connectivity index (χ3n) is 2.05.